The second-order valence-electron chi connectivity index (χ2n) is 4.35. The van der Waals surface area contributed by atoms with Gasteiger partial charge in [0.1, 0.15) is 11.5 Å². The van der Waals surface area contributed by atoms with Crippen LogP contribution in [-0.2, 0) is 0 Å². The molecular formula is C12H18ClNO2. The van der Waals surface area contributed by atoms with Crippen molar-refractivity contribution in [2.75, 3.05) is 0 Å². The first-order chi connectivity index (χ1) is 7.16. The van der Waals surface area contributed by atoms with Crippen LogP contribution in [0.4, 0.5) is 0 Å². The Morgan fingerprint density at radius 3 is 2.06 bits per heavy atom. The summed E-state index contributed by atoms with van der Waals surface area (Å²) in [4.78, 5) is 0. The Morgan fingerprint density at radius 1 is 1.06 bits per heavy atom. The molecule has 0 aliphatic heterocycles. The fraction of sp³-hybridized carbons (Fsp3) is 0.500. The number of phenolic OH excluding ortho intramolecular Hbond substituents is 2. The second kappa shape index (κ2) is 5.41. The lowest BCUT2D eigenvalue weighted by Gasteiger charge is -2.19. The molecule has 4 N–H and O–H groups in total. The Bertz CT molecular complexity index is 331. The molecule has 2 rings (SSSR count). The van der Waals surface area contributed by atoms with Crippen molar-refractivity contribution in [1.82, 2.24) is 0 Å². The molecule has 0 bridgehead atoms. The highest BCUT2D eigenvalue weighted by atomic mass is 35.5. The fourth-order valence-electron chi connectivity index (χ4n) is 2.40. The molecule has 16 heavy (non-hydrogen) atoms. The van der Waals surface area contributed by atoms with E-state index in [0.717, 1.165) is 18.4 Å². The van der Waals surface area contributed by atoms with Gasteiger partial charge in [0, 0.05) is 12.1 Å². The van der Waals surface area contributed by atoms with Crippen LogP contribution in [0.3, 0.4) is 0 Å². The maximum absolute atomic E-state index is 9.37. The summed E-state index contributed by atoms with van der Waals surface area (Å²) < 4.78 is 0. The van der Waals surface area contributed by atoms with Gasteiger partial charge in [-0.05, 0) is 36.5 Å². The molecule has 3 nitrogen and oxygen atoms in total. The van der Waals surface area contributed by atoms with Crippen LogP contribution in [0, 0.1) is 5.92 Å². The van der Waals surface area contributed by atoms with Crippen molar-refractivity contribution in [3.63, 3.8) is 0 Å². The molecule has 1 atom stereocenters. The first-order valence-electron chi connectivity index (χ1n) is 5.45. The van der Waals surface area contributed by atoms with E-state index >= 15 is 0 Å². The minimum absolute atomic E-state index is 0. The Morgan fingerprint density at radius 2 is 1.56 bits per heavy atom. The summed E-state index contributed by atoms with van der Waals surface area (Å²) in [5.41, 5.74) is 6.95. The van der Waals surface area contributed by atoms with Gasteiger partial charge < -0.3 is 15.9 Å². The van der Waals surface area contributed by atoms with Crippen molar-refractivity contribution < 1.29 is 10.2 Å². The van der Waals surface area contributed by atoms with Gasteiger partial charge in [-0.1, -0.05) is 12.8 Å². The molecule has 4 heteroatoms. The van der Waals surface area contributed by atoms with Gasteiger partial charge in [0.05, 0.1) is 0 Å². The van der Waals surface area contributed by atoms with E-state index in [9.17, 15) is 10.2 Å². The molecule has 0 radical (unpaired) electrons. The molecule has 0 amide bonds. The van der Waals surface area contributed by atoms with Crippen LogP contribution in [0.15, 0.2) is 18.2 Å². The first-order valence-corrected chi connectivity index (χ1v) is 5.45. The average Bonchev–Trinajstić information content (AvgIpc) is 2.67. The van der Waals surface area contributed by atoms with Crippen LogP contribution in [0.2, 0.25) is 0 Å². The van der Waals surface area contributed by atoms with E-state index in [1.54, 1.807) is 12.1 Å². The molecule has 1 aromatic rings. The van der Waals surface area contributed by atoms with Gasteiger partial charge in [0.2, 0.25) is 0 Å². The summed E-state index contributed by atoms with van der Waals surface area (Å²) in [5, 5.41) is 18.7. The molecule has 0 spiro atoms. The standard InChI is InChI=1S/C12H17NO2.ClH/c13-12(8-3-1-2-4-8)9-5-10(14)7-11(15)6-9;/h5-8,12,14-15H,1-4,13H2;1H/t12-;/m1./s1. The predicted octanol–water partition coefficient (Wildman–Crippen LogP) is 2.71. The number of hydrogen-bond donors (Lipinski definition) is 3. The summed E-state index contributed by atoms with van der Waals surface area (Å²) in [5.74, 6) is 0.656. The lowest BCUT2D eigenvalue weighted by molar-refractivity contribution is 0.427. The van der Waals surface area contributed by atoms with Crippen molar-refractivity contribution >= 4 is 12.4 Å². The minimum Gasteiger partial charge on any atom is -0.508 e. The van der Waals surface area contributed by atoms with Gasteiger partial charge >= 0.3 is 0 Å². The topological polar surface area (TPSA) is 66.5 Å². The Labute approximate surface area is 102 Å². The zero-order valence-corrected chi connectivity index (χ0v) is 9.91. The van der Waals surface area contributed by atoms with Crippen LogP contribution in [0.1, 0.15) is 37.3 Å². The summed E-state index contributed by atoms with van der Waals surface area (Å²) in [6.45, 7) is 0. The molecule has 0 heterocycles. The van der Waals surface area contributed by atoms with E-state index in [0.29, 0.717) is 5.92 Å². The van der Waals surface area contributed by atoms with Crippen molar-refractivity contribution in [2.24, 2.45) is 11.7 Å². The minimum atomic E-state index is -0.0644. The maximum atomic E-state index is 9.37. The van der Waals surface area contributed by atoms with Crippen molar-refractivity contribution in [1.29, 1.82) is 0 Å². The second-order valence-corrected chi connectivity index (χ2v) is 4.35. The van der Waals surface area contributed by atoms with Crippen LogP contribution in [-0.4, -0.2) is 10.2 Å². The lowest BCUT2D eigenvalue weighted by atomic mass is 9.92. The van der Waals surface area contributed by atoms with E-state index in [4.69, 9.17) is 5.73 Å². The summed E-state index contributed by atoms with van der Waals surface area (Å²) in [7, 11) is 0. The zero-order chi connectivity index (χ0) is 10.8. The van der Waals surface area contributed by atoms with Gasteiger partial charge in [0.25, 0.3) is 0 Å². The van der Waals surface area contributed by atoms with E-state index in [1.807, 2.05) is 0 Å². The molecule has 0 saturated heterocycles. The van der Waals surface area contributed by atoms with Crippen LogP contribution in [0.5, 0.6) is 11.5 Å². The number of hydrogen-bond acceptors (Lipinski definition) is 3. The first kappa shape index (κ1) is 13.1. The van der Waals surface area contributed by atoms with E-state index in [1.165, 1.54) is 18.9 Å². The highest BCUT2D eigenvalue weighted by molar-refractivity contribution is 5.85. The lowest BCUT2D eigenvalue weighted by Crippen LogP contribution is -2.18. The number of phenols is 2. The Kier molecular flexibility index (Phi) is 4.44. The van der Waals surface area contributed by atoms with Gasteiger partial charge in [-0.25, -0.2) is 0 Å². The summed E-state index contributed by atoms with van der Waals surface area (Å²) >= 11 is 0. The molecule has 0 aromatic heterocycles. The van der Waals surface area contributed by atoms with Gasteiger partial charge in [-0.2, -0.15) is 0 Å². The number of rotatable bonds is 2. The van der Waals surface area contributed by atoms with E-state index in [2.05, 4.69) is 0 Å². The molecule has 1 aliphatic rings. The van der Waals surface area contributed by atoms with E-state index in [-0.39, 0.29) is 29.9 Å². The van der Waals surface area contributed by atoms with Crippen molar-refractivity contribution in [3.8, 4) is 11.5 Å². The third-order valence-electron chi connectivity index (χ3n) is 3.22. The van der Waals surface area contributed by atoms with Gasteiger partial charge in [0.15, 0.2) is 0 Å². The van der Waals surface area contributed by atoms with Crippen LogP contribution >= 0.6 is 12.4 Å². The highest BCUT2D eigenvalue weighted by Gasteiger charge is 2.23. The normalized spacial score (nSPS) is 18.1. The molecule has 1 aromatic carbocycles. The fourth-order valence-corrected chi connectivity index (χ4v) is 2.40. The van der Waals surface area contributed by atoms with E-state index < -0.39 is 0 Å². The number of aromatic hydroxyl groups is 2. The molecule has 1 fully saturated rings. The monoisotopic (exact) mass is 243 g/mol. The van der Waals surface area contributed by atoms with Gasteiger partial charge in [-0.3, -0.25) is 0 Å². The quantitative estimate of drug-likeness (QED) is 0.748. The zero-order valence-electron chi connectivity index (χ0n) is 9.10. The largest absolute Gasteiger partial charge is 0.508 e. The third-order valence-corrected chi connectivity index (χ3v) is 3.22. The smallest absolute Gasteiger partial charge is 0.119 e. The molecule has 90 valence electrons. The molecular weight excluding hydrogens is 226 g/mol. The predicted molar refractivity (Wildman–Crippen MR) is 65.9 cm³/mol. The highest BCUT2D eigenvalue weighted by Crippen LogP contribution is 2.36. The number of benzene rings is 1. The van der Waals surface area contributed by atoms with Gasteiger partial charge in [-0.15, -0.1) is 12.4 Å². The average molecular weight is 244 g/mol. The Balaban J connectivity index is 0.00000128. The Hall–Kier alpha value is -0.930. The number of halogens is 1. The molecule has 1 aliphatic carbocycles. The van der Waals surface area contributed by atoms with Crippen LogP contribution < -0.4 is 5.73 Å². The summed E-state index contributed by atoms with van der Waals surface area (Å²) in [6.07, 6.45) is 4.78. The molecule has 0 unspecified atom stereocenters. The number of nitrogens with two attached hydrogens (primary N) is 1. The summed E-state index contributed by atoms with van der Waals surface area (Å²) in [6, 6.07) is 4.54. The third kappa shape index (κ3) is 2.80. The SMILES string of the molecule is Cl.N[C@@H](c1cc(O)cc(O)c1)C1CCCC1. The van der Waals surface area contributed by atoms with Crippen molar-refractivity contribution in [3.05, 3.63) is 23.8 Å². The molecule has 1 saturated carbocycles. The van der Waals surface area contributed by atoms with Crippen molar-refractivity contribution in [2.45, 2.75) is 31.7 Å². The maximum Gasteiger partial charge on any atom is 0.119 e. The van der Waals surface area contributed by atoms with Crippen LogP contribution in [0.25, 0.3) is 0 Å².